The van der Waals surface area contributed by atoms with Crippen molar-refractivity contribution in [2.24, 2.45) is 7.05 Å². The average molecular weight is 651 g/mol. The van der Waals surface area contributed by atoms with Crippen LogP contribution < -0.4 is 15.4 Å². The first-order valence-corrected chi connectivity index (χ1v) is 14.8. The summed E-state index contributed by atoms with van der Waals surface area (Å²) < 4.78 is 47.2. The molecule has 5 rings (SSSR count). The fraction of sp³-hybridized carbons (Fsp3) is 0.433. The van der Waals surface area contributed by atoms with Crippen LogP contribution in [0.5, 0.6) is 5.75 Å². The van der Waals surface area contributed by atoms with E-state index in [2.05, 4.69) is 20.4 Å². The van der Waals surface area contributed by atoms with Crippen LogP contribution in [0.1, 0.15) is 41.7 Å². The van der Waals surface area contributed by atoms with Gasteiger partial charge in [0.15, 0.2) is 23.6 Å². The summed E-state index contributed by atoms with van der Waals surface area (Å²) in [6.07, 6.45) is 0.974. The molecule has 0 bridgehead atoms. The lowest BCUT2D eigenvalue weighted by Gasteiger charge is -2.38. The summed E-state index contributed by atoms with van der Waals surface area (Å²) in [7, 11) is 1.50. The van der Waals surface area contributed by atoms with Gasteiger partial charge in [-0.05, 0) is 56.3 Å². The van der Waals surface area contributed by atoms with Crippen molar-refractivity contribution in [3.63, 3.8) is 0 Å². The second kappa shape index (κ2) is 13.6. The minimum atomic E-state index is -1.39. The van der Waals surface area contributed by atoms with Gasteiger partial charge in [0.25, 0.3) is 5.91 Å². The van der Waals surface area contributed by atoms with Gasteiger partial charge in [0, 0.05) is 44.5 Å². The van der Waals surface area contributed by atoms with Gasteiger partial charge in [-0.3, -0.25) is 9.59 Å². The van der Waals surface area contributed by atoms with Crippen LogP contribution in [0.15, 0.2) is 36.5 Å². The predicted molar refractivity (Wildman–Crippen MR) is 159 cm³/mol. The molecular weight excluding hydrogens is 617 g/mol. The first-order chi connectivity index (χ1) is 21.5. The SMILES string of the molecule is Cn1c(-c2ccc(OCF)c(F)c2F)cnc1C(O)Nc1ccc(C(=O)N2CCN(C(=O)CC3(O)CCNCC3)CC2)c(Cl)c1. The molecule has 3 heterocycles. The van der Waals surface area contributed by atoms with Crippen molar-refractivity contribution in [3.05, 3.63) is 64.6 Å². The number of ether oxygens (including phenoxy) is 1. The summed E-state index contributed by atoms with van der Waals surface area (Å²) in [5.41, 5.74) is -0.400. The maximum absolute atomic E-state index is 14.7. The molecule has 45 heavy (non-hydrogen) atoms. The molecule has 0 saturated carbocycles. The maximum Gasteiger partial charge on any atom is 0.255 e. The van der Waals surface area contributed by atoms with Gasteiger partial charge in [0.05, 0.1) is 34.5 Å². The third-order valence-electron chi connectivity index (χ3n) is 8.24. The molecule has 242 valence electrons. The lowest BCUT2D eigenvalue weighted by molar-refractivity contribution is -0.139. The third kappa shape index (κ3) is 7.03. The molecule has 1 aromatic heterocycles. The Morgan fingerprint density at radius 2 is 1.80 bits per heavy atom. The zero-order valence-corrected chi connectivity index (χ0v) is 25.3. The summed E-state index contributed by atoms with van der Waals surface area (Å²) in [4.78, 5) is 33.4. The van der Waals surface area contributed by atoms with E-state index in [1.807, 2.05) is 0 Å². The highest BCUT2D eigenvalue weighted by molar-refractivity contribution is 6.34. The van der Waals surface area contributed by atoms with E-state index < -0.39 is 36.1 Å². The van der Waals surface area contributed by atoms with Crippen molar-refractivity contribution in [1.29, 1.82) is 0 Å². The van der Waals surface area contributed by atoms with Crippen LogP contribution in [-0.4, -0.2) is 93.1 Å². The first-order valence-electron chi connectivity index (χ1n) is 14.4. The summed E-state index contributed by atoms with van der Waals surface area (Å²) in [5.74, 6) is -3.53. The number of carbonyl (C=O) groups excluding carboxylic acids is 2. The summed E-state index contributed by atoms with van der Waals surface area (Å²) in [5, 5.41) is 27.7. The number of aliphatic hydroxyl groups excluding tert-OH is 1. The molecule has 2 aromatic carbocycles. The molecular formula is C30H34ClF3N6O5. The van der Waals surface area contributed by atoms with Crippen LogP contribution in [0.25, 0.3) is 11.3 Å². The second-order valence-electron chi connectivity index (χ2n) is 11.1. The van der Waals surface area contributed by atoms with Gasteiger partial charge in [-0.25, -0.2) is 13.8 Å². The Hall–Kier alpha value is -3.85. The Morgan fingerprint density at radius 1 is 1.11 bits per heavy atom. The fourth-order valence-corrected chi connectivity index (χ4v) is 5.88. The van der Waals surface area contributed by atoms with Crippen LogP contribution in [0.3, 0.4) is 0 Å². The lowest BCUT2D eigenvalue weighted by atomic mass is 9.88. The van der Waals surface area contributed by atoms with Gasteiger partial charge in [0.2, 0.25) is 18.6 Å². The standard InChI is InChI=1S/C30H34ClF3N6O5/c1-38-22(20-4-5-23(45-17-32)26(34)25(20)33)16-36-27(38)28(42)37-18-2-3-19(21(31)14-18)29(43)40-12-10-39(11-13-40)24(41)15-30(44)6-8-35-9-7-30/h2-5,14,16,28,35,37,42,44H,6-13,15,17H2,1H3. The number of imidazole rings is 1. The number of carbonyl (C=O) groups is 2. The Balaban J connectivity index is 1.19. The lowest BCUT2D eigenvalue weighted by Crippen LogP contribution is -2.53. The van der Waals surface area contributed by atoms with Crippen LogP contribution in [-0.2, 0) is 11.8 Å². The van der Waals surface area contributed by atoms with E-state index in [0.717, 1.165) is 6.07 Å². The molecule has 0 aliphatic carbocycles. The molecule has 0 radical (unpaired) electrons. The number of hydrogen-bond acceptors (Lipinski definition) is 8. The molecule has 11 nitrogen and oxygen atoms in total. The largest absolute Gasteiger partial charge is 0.460 e. The number of aliphatic hydroxyl groups is 2. The highest BCUT2D eigenvalue weighted by Gasteiger charge is 2.35. The van der Waals surface area contributed by atoms with Gasteiger partial charge in [-0.2, -0.15) is 4.39 Å². The van der Waals surface area contributed by atoms with Crippen molar-refractivity contribution in [2.45, 2.75) is 31.1 Å². The van der Waals surface area contributed by atoms with E-state index in [1.54, 1.807) is 15.9 Å². The highest BCUT2D eigenvalue weighted by atomic mass is 35.5. The van der Waals surface area contributed by atoms with E-state index in [4.69, 9.17) is 11.6 Å². The number of nitrogens with one attached hydrogen (secondary N) is 2. The van der Waals surface area contributed by atoms with Crippen LogP contribution in [0.4, 0.5) is 18.9 Å². The summed E-state index contributed by atoms with van der Waals surface area (Å²) >= 11 is 6.46. The molecule has 2 amide bonds. The van der Waals surface area contributed by atoms with Crippen molar-refractivity contribution in [1.82, 2.24) is 24.7 Å². The van der Waals surface area contributed by atoms with Crippen molar-refractivity contribution in [2.75, 3.05) is 51.4 Å². The van der Waals surface area contributed by atoms with Gasteiger partial charge in [0.1, 0.15) is 0 Å². The number of alkyl halides is 1. The average Bonchev–Trinajstić information content (AvgIpc) is 3.40. The number of halogens is 4. The second-order valence-corrected chi connectivity index (χ2v) is 11.5. The molecule has 2 aliphatic heterocycles. The van der Waals surface area contributed by atoms with Crippen molar-refractivity contribution in [3.8, 4) is 17.0 Å². The number of amides is 2. The predicted octanol–water partition coefficient (Wildman–Crippen LogP) is 3.22. The molecule has 4 N–H and O–H groups in total. The van der Waals surface area contributed by atoms with Gasteiger partial charge < -0.3 is 40.0 Å². The number of benzene rings is 2. The Bertz CT molecular complexity index is 1560. The minimum absolute atomic E-state index is 0.0634. The van der Waals surface area contributed by atoms with Crippen molar-refractivity contribution < 1.29 is 37.7 Å². The molecule has 1 atom stereocenters. The zero-order chi connectivity index (χ0) is 32.3. The highest BCUT2D eigenvalue weighted by Crippen LogP contribution is 2.32. The molecule has 2 fully saturated rings. The van der Waals surface area contributed by atoms with E-state index >= 15 is 0 Å². The number of piperidine rings is 1. The van der Waals surface area contributed by atoms with Crippen LogP contribution >= 0.6 is 11.6 Å². The minimum Gasteiger partial charge on any atom is -0.460 e. The topological polar surface area (TPSA) is 132 Å². The molecule has 2 saturated heterocycles. The van der Waals surface area contributed by atoms with E-state index in [0.29, 0.717) is 57.8 Å². The molecule has 3 aromatic rings. The number of anilines is 1. The van der Waals surface area contributed by atoms with E-state index in [-0.39, 0.29) is 45.9 Å². The van der Waals surface area contributed by atoms with Gasteiger partial charge in [-0.15, -0.1) is 0 Å². The Morgan fingerprint density at radius 3 is 2.47 bits per heavy atom. The monoisotopic (exact) mass is 650 g/mol. The Kier molecular flexibility index (Phi) is 9.87. The molecule has 2 aliphatic rings. The van der Waals surface area contributed by atoms with Crippen LogP contribution in [0, 0.1) is 11.6 Å². The first kappa shape index (κ1) is 32.5. The zero-order valence-electron chi connectivity index (χ0n) is 24.5. The van der Waals surface area contributed by atoms with E-state index in [9.17, 15) is 33.0 Å². The Labute approximate surface area is 262 Å². The number of rotatable bonds is 9. The molecule has 15 heteroatoms. The van der Waals surface area contributed by atoms with Crippen molar-refractivity contribution >= 4 is 29.1 Å². The quantitative estimate of drug-likeness (QED) is 0.260. The normalized spacial score (nSPS) is 17.2. The van der Waals surface area contributed by atoms with Crippen LogP contribution in [0.2, 0.25) is 5.02 Å². The smallest absolute Gasteiger partial charge is 0.255 e. The van der Waals surface area contributed by atoms with E-state index in [1.165, 1.54) is 36.0 Å². The number of nitrogens with zero attached hydrogens (tertiary/aromatic N) is 4. The maximum atomic E-state index is 14.7. The van der Waals surface area contributed by atoms with Gasteiger partial charge in [-0.1, -0.05) is 11.6 Å². The molecule has 0 spiro atoms. The number of piperazine rings is 1. The number of hydrogen-bond donors (Lipinski definition) is 4. The third-order valence-corrected chi connectivity index (χ3v) is 8.55. The summed E-state index contributed by atoms with van der Waals surface area (Å²) in [6, 6.07) is 6.87. The van der Waals surface area contributed by atoms with Gasteiger partial charge >= 0.3 is 0 Å². The fourth-order valence-electron chi connectivity index (χ4n) is 5.62. The molecule has 1 unspecified atom stereocenters. The number of aromatic nitrogens is 2. The summed E-state index contributed by atoms with van der Waals surface area (Å²) in [6.45, 7) is 1.36.